The first-order valence-electron chi connectivity index (χ1n) is 11.3. The van der Waals surface area contributed by atoms with Gasteiger partial charge in [0, 0.05) is 45.7 Å². The molecule has 6 nitrogen and oxygen atoms in total. The molecule has 3 saturated heterocycles. The average molecular weight is 394 g/mol. The van der Waals surface area contributed by atoms with Crippen LogP contribution in [0.25, 0.3) is 0 Å². The van der Waals surface area contributed by atoms with Crippen LogP contribution in [0.15, 0.2) is 0 Å². The number of ether oxygens (including phenoxy) is 1. The van der Waals surface area contributed by atoms with Crippen LogP contribution in [0.5, 0.6) is 0 Å². The molecule has 3 rings (SSSR count). The molecule has 3 fully saturated rings. The molecule has 6 heteroatoms. The van der Waals surface area contributed by atoms with Gasteiger partial charge in [-0.05, 0) is 51.4 Å². The lowest BCUT2D eigenvalue weighted by Crippen LogP contribution is -2.58. The molecule has 0 N–H and O–H groups in total. The Bertz CT molecular complexity index is 529. The van der Waals surface area contributed by atoms with Crippen LogP contribution < -0.4 is 0 Å². The molecule has 3 aliphatic heterocycles. The van der Waals surface area contributed by atoms with Crippen molar-refractivity contribution in [3.8, 4) is 0 Å². The summed E-state index contributed by atoms with van der Waals surface area (Å²) in [4.78, 5) is 32.2. The largest absolute Gasteiger partial charge is 0.373 e. The molecule has 3 heterocycles. The van der Waals surface area contributed by atoms with Crippen molar-refractivity contribution in [2.45, 2.75) is 78.0 Å². The standard InChI is InChI=1S/C22H39N3O3/c1-16(2)21(25-14-17(3)28-18(4)15-25)22(27)24-11-7-19(8-12-24)13-20(26)23-9-5-6-10-23/h16-19,21H,5-15H2,1-4H3. The summed E-state index contributed by atoms with van der Waals surface area (Å²) in [6, 6.07) is -0.0726. The lowest BCUT2D eigenvalue weighted by molar-refractivity contribution is -0.146. The minimum Gasteiger partial charge on any atom is -0.373 e. The molecule has 2 amide bonds. The molecule has 3 atom stereocenters. The van der Waals surface area contributed by atoms with E-state index in [4.69, 9.17) is 4.74 Å². The van der Waals surface area contributed by atoms with E-state index in [1.54, 1.807) is 0 Å². The second-order valence-corrected chi connectivity index (χ2v) is 9.46. The highest BCUT2D eigenvalue weighted by Gasteiger charge is 2.37. The number of nitrogens with zero attached hydrogens (tertiary/aromatic N) is 3. The van der Waals surface area contributed by atoms with Crippen molar-refractivity contribution >= 4 is 11.8 Å². The zero-order valence-corrected chi connectivity index (χ0v) is 18.2. The van der Waals surface area contributed by atoms with Crippen LogP contribution >= 0.6 is 0 Å². The molecule has 3 unspecified atom stereocenters. The van der Waals surface area contributed by atoms with Gasteiger partial charge in [-0.25, -0.2) is 0 Å². The maximum Gasteiger partial charge on any atom is 0.240 e. The smallest absolute Gasteiger partial charge is 0.240 e. The summed E-state index contributed by atoms with van der Waals surface area (Å²) in [6.07, 6.45) is 5.19. The van der Waals surface area contributed by atoms with Gasteiger partial charge in [0.25, 0.3) is 0 Å². The Morgan fingerprint density at radius 3 is 2.04 bits per heavy atom. The van der Waals surface area contributed by atoms with Crippen LogP contribution in [0.3, 0.4) is 0 Å². The third kappa shape index (κ3) is 5.26. The van der Waals surface area contributed by atoms with E-state index in [0.717, 1.165) is 65.0 Å². The van der Waals surface area contributed by atoms with Gasteiger partial charge in [-0.1, -0.05) is 13.8 Å². The van der Waals surface area contributed by atoms with Crippen LogP contribution in [0.2, 0.25) is 0 Å². The van der Waals surface area contributed by atoms with Gasteiger partial charge in [0.05, 0.1) is 18.2 Å². The van der Waals surface area contributed by atoms with E-state index in [1.807, 2.05) is 9.80 Å². The number of piperidine rings is 1. The highest BCUT2D eigenvalue weighted by Crippen LogP contribution is 2.26. The molecule has 0 bridgehead atoms. The molecular weight excluding hydrogens is 354 g/mol. The fraction of sp³-hybridized carbons (Fsp3) is 0.909. The van der Waals surface area contributed by atoms with Crippen LogP contribution in [0, 0.1) is 11.8 Å². The molecule has 0 radical (unpaired) electrons. The normalized spacial score (nSPS) is 28.8. The average Bonchev–Trinajstić information content (AvgIpc) is 3.16. The Morgan fingerprint density at radius 2 is 1.50 bits per heavy atom. The van der Waals surface area contributed by atoms with Crippen molar-refractivity contribution in [3.63, 3.8) is 0 Å². The summed E-state index contributed by atoms with van der Waals surface area (Å²) in [5.74, 6) is 1.29. The molecule has 0 spiro atoms. The number of amides is 2. The van der Waals surface area contributed by atoms with Crippen molar-refractivity contribution < 1.29 is 14.3 Å². The zero-order valence-electron chi connectivity index (χ0n) is 18.2. The van der Waals surface area contributed by atoms with Crippen molar-refractivity contribution in [2.24, 2.45) is 11.8 Å². The van der Waals surface area contributed by atoms with Gasteiger partial charge < -0.3 is 14.5 Å². The molecular formula is C22H39N3O3. The zero-order chi connectivity index (χ0) is 20.3. The maximum absolute atomic E-state index is 13.4. The summed E-state index contributed by atoms with van der Waals surface area (Å²) in [5.41, 5.74) is 0. The van der Waals surface area contributed by atoms with Crippen molar-refractivity contribution in [1.82, 2.24) is 14.7 Å². The van der Waals surface area contributed by atoms with Gasteiger partial charge in [0.15, 0.2) is 0 Å². The van der Waals surface area contributed by atoms with Crippen molar-refractivity contribution in [3.05, 3.63) is 0 Å². The Hall–Kier alpha value is -1.14. The van der Waals surface area contributed by atoms with Crippen LogP contribution in [0.4, 0.5) is 0 Å². The summed E-state index contributed by atoms with van der Waals surface area (Å²) >= 11 is 0. The Labute approximate surface area is 170 Å². The topological polar surface area (TPSA) is 53.1 Å². The molecule has 0 aromatic rings. The summed E-state index contributed by atoms with van der Waals surface area (Å²) in [6.45, 7) is 13.6. The van der Waals surface area contributed by atoms with Crippen LogP contribution in [-0.4, -0.2) is 84.0 Å². The molecule has 3 aliphatic rings. The van der Waals surface area contributed by atoms with Gasteiger partial charge >= 0.3 is 0 Å². The Morgan fingerprint density at radius 1 is 0.929 bits per heavy atom. The molecule has 0 saturated carbocycles. The lowest BCUT2D eigenvalue weighted by Gasteiger charge is -2.43. The van der Waals surface area contributed by atoms with Gasteiger partial charge in [0.2, 0.25) is 11.8 Å². The predicted octanol–water partition coefficient (Wildman–Crippen LogP) is 2.37. The maximum atomic E-state index is 13.4. The number of hydrogen-bond acceptors (Lipinski definition) is 4. The summed E-state index contributed by atoms with van der Waals surface area (Å²) < 4.78 is 5.86. The number of carbonyl (C=O) groups is 2. The number of rotatable bonds is 5. The van der Waals surface area contributed by atoms with E-state index in [-0.39, 0.29) is 30.1 Å². The third-order valence-electron chi connectivity index (χ3n) is 6.57. The molecule has 0 aromatic carbocycles. The van der Waals surface area contributed by atoms with Crippen LogP contribution in [-0.2, 0) is 14.3 Å². The number of hydrogen-bond donors (Lipinski definition) is 0. The van der Waals surface area contributed by atoms with Gasteiger partial charge in [-0.3, -0.25) is 14.5 Å². The van der Waals surface area contributed by atoms with Gasteiger partial charge in [-0.15, -0.1) is 0 Å². The number of carbonyl (C=O) groups excluding carboxylic acids is 2. The fourth-order valence-corrected chi connectivity index (χ4v) is 5.19. The molecule has 160 valence electrons. The molecule has 0 aliphatic carbocycles. The first-order valence-corrected chi connectivity index (χ1v) is 11.3. The van der Waals surface area contributed by atoms with E-state index in [0.29, 0.717) is 18.2 Å². The SMILES string of the molecule is CC1CN(C(C(=O)N2CCC(CC(=O)N3CCCC3)CC2)C(C)C)CC(C)O1. The number of morpholine rings is 1. The number of likely N-dealkylation sites (tertiary alicyclic amines) is 2. The third-order valence-corrected chi connectivity index (χ3v) is 6.57. The van der Waals surface area contributed by atoms with Crippen molar-refractivity contribution in [1.29, 1.82) is 0 Å². The van der Waals surface area contributed by atoms with Crippen LogP contribution in [0.1, 0.15) is 59.8 Å². The van der Waals surface area contributed by atoms with E-state index < -0.39 is 0 Å². The van der Waals surface area contributed by atoms with Gasteiger partial charge in [0.1, 0.15) is 0 Å². The quantitative estimate of drug-likeness (QED) is 0.720. The minimum absolute atomic E-state index is 0.0726. The Balaban J connectivity index is 1.53. The van der Waals surface area contributed by atoms with E-state index in [2.05, 4.69) is 32.6 Å². The minimum atomic E-state index is -0.0726. The van der Waals surface area contributed by atoms with E-state index in [9.17, 15) is 9.59 Å². The predicted molar refractivity (Wildman–Crippen MR) is 110 cm³/mol. The molecule has 0 aromatic heterocycles. The first kappa shape index (κ1) is 21.6. The highest BCUT2D eigenvalue weighted by atomic mass is 16.5. The van der Waals surface area contributed by atoms with Gasteiger partial charge in [-0.2, -0.15) is 0 Å². The van der Waals surface area contributed by atoms with Crippen molar-refractivity contribution in [2.75, 3.05) is 39.3 Å². The second-order valence-electron chi connectivity index (χ2n) is 9.46. The fourth-order valence-electron chi connectivity index (χ4n) is 5.19. The summed E-state index contributed by atoms with van der Waals surface area (Å²) in [5, 5.41) is 0. The van der Waals surface area contributed by atoms with E-state index in [1.165, 1.54) is 0 Å². The Kier molecular flexibility index (Phi) is 7.37. The highest BCUT2D eigenvalue weighted by molar-refractivity contribution is 5.82. The molecule has 28 heavy (non-hydrogen) atoms. The second kappa shape index (κ2) is 9.57. The first-order chi connectivity index (χ1) is 13.3. The monoisotopic (exact) mass is 393 g/mol. The lowest BCUT2D eigenvalue weighted by atomic mass is 9.91. The van der Waals surface area contributed by atoms with E-state index >= 15 is 0 Å². The summed E-state index contributed by atoms with van der Waals surface area (Å²) in [7, 11) is 0.